The summed E-state index contributed by atoms with van der Waals surface area (Å²) in [5.41, 5.74) is 1.22. The Morgan fingerprint density at radius 3 is 2.67 bits per heavy atom. The van der Waals surface area contributed by atoms with Crippen LogP contribution >= 0.6 is 11.8 Å². The summed E-state index contributed by atoms with van der Waals surface area (Å²) in [4.78, 5) is 31.9. The van der Waals surface area contributed by atoms with Gasteiger partial charge < -0.3 is 10.2 Å². The molecule has 142 valence electrons. The van der Waals surface area contributed by atoms with Crippen LogP contribution in [0.4, 0.5) is 5.69 Å². The van der Waals surface area contributed by atoms with E-state index in [0.717, 1.165) is 17.7 Å². The summed E-state index contributed by atoms with van der Waals surface area (Å²) in [5.74, 6) is 0.262. The van der Waals surface area contributed by atoms with Gasteiger partial charge in [0, 0.05) is 24.2 Å². The van der Waals surface area contributed by atoms with E-state index in [2.05, 4.69) is 10.3 Å². The quantitative estimate of drug-likeness (QED) is 0.759. The number of thioether (sulfide) groups is 1. The zero-order chi connectivity index (χ0) is 19.1. The molecule has 0 atom stereocenters. The van der Waals surface area contributed by atoms with Crippen molar-refractivity contribution in [2.24, 2.45) is 0 Å². The summed E-state index contributed by atoms with van der Waals surface area (Å²) in [5, 5.41) is 2.85. The maximum Gasteiger partial charge on any atom is 0.256 e. The molecule has 1 aromatic heterocycles. The van der Waals surface area contributed by atoms with Gasteiger partial charge in [-0.1, -0.05) is 31.4 Å². The van der Waals surface area contributed by atoms with Crippen LogP contribution in [-0.4, -0.2) is 40.5 Å². The molecule has 1 fully saturated rings. The van der Waals surface area contributed by atoms with Crippen molar-refractivity contribution >= 4 is 29.3 Å². The fraction of sp³-hybridized carbons (Fsp3) is 0.381. The topological polar surface area (TPSA) is 62.3 Å². The maximum atomic E-state index is 12.6. The van der Waals surface area contributed by atoms with E-state index in [-0.39, 0.29) is 11.8 Å². The van der Waals surface area contributed by atoms with Gasteiger partial charge in [-0.15, -0.1) is 11.8 Å². The second kappa shape index (κ2) is 9.55. The molecule has 1 N–H and O–H groups in total. The molecule has 0 aliphatic heterocycles. The standard InChI is InChI=1S/C21H25N3O2S/c1-24(17-9-3-2-4-10-17)20(25)15-27-19-12-6-5-11-18(19)21(26)23-16-8-7-13-22-14-16/h5-8,11-14,17H,2-4,9-10,15H2,1H3,(H,23,26). The van der Waals surface area contributed by atoms with Gasteiger partial charge in [0.2, 0.25) is 5.91 Å². The predicted molar refractivity (Wildman–Crippen MR) is 109 cm³/mol. The van der Waals surface area contributed by atoms with Gasteiger partial charge >= 0.3 is 0 Å². The maximum absolute atomic E-state index is 12.6. The van der Waals surface area contributed by atoms with Crippen LogP contribution in [-0.2, 0) is 4.79 Å². The van der Waals surface area contributed by atoms with E-state index >= 15 is 0 Å². The normalized spacial score (nSPS) is 14.6. The lowest BCUT2D eigenvalue weighted by Crippen LogP contribution is -2.39. The Morgan fingerprint density at radius 2 is 1.93 bits per heavy atom. The van der Waals surface area contributed by atoms with Gasteiger partial charge in [-0.25, -0.2) is 0 Å². The zero-order valence-electron chi connectivity index (χ0n) is 15.6. The molecule has 5 nitrogen and oxygen atoms in total. The molecular weight excluding hydrogens is 358 g/mol. The molecule has 1 saturated carbocycles. The number of anilines is 1. The molecule has 0 radical (unpaired) electrons. The van der Waals surface area contributed by atoms with E-state index in [0.29, 0.717) is 23.0 Å². The number of hydrogen-bond donors (Lipinski definition) is 1. The number of carbonyl (C=O) groups is 2. The highest BCUT2D eigenvalue weighted by Gasteiger charge is 2.22. The highest BCUT2D eigenvalue weighted by molar-refractivity contribution is 8.00. The summed E-state index contributed by atoms with van der Waals surface area (Å²) in [7, 11) is 1.90. The second-order valence-electron chi connectivity index (χ2n) is 6.78. The van der Waals surface area contributed by atoms with Gasteiger partial charge in [-0.3, -0.25) is 14.6 Å². The van der Waals surface area contributed by atoms with Crippen molar-refractivity contribution < 1.29 is 9.59 Å². The predicted octanol–water partition coefficient (Wildman–Crippen LogP) is 4.22. The van der Waals surface area contributed by atoms with Crippen LogP contribution in [0.3, 0.4) is 0 Å². The second-order valence-corrected chi connectivity index (χ2v) is 7.79. The Labute approximate surface area is 164 Å². The number of nitrogens with one attached hydrogen (secondary N) is 1. The Hall–Kier alpha value is -2.34. The number of amides is 2. The van der Waals surface area contributed by atoms with Crippen LogP contribution in [0.15, 0.2) is 53.7 Å². The first-order valence-electron chi connectivity index (χ1n) is 9.34. The lowest BCUT2D eigenvalue weighted by atomic mass is 9.94. The molecule has 1 aromatic carbocycles. The van der Waals surface area contributed by atoms with E-state index in [1.54, 1.807) is 30.6 Å². The van der Waals surface area contributed by atoms with Crippen molar-refractivity contribution in [3.05, 3.63) is 54.4 Å². The molecule has 2 aromatic rings. The minimum Gasteiger partial charge on any atom is -0.342 e. The van der Waals surface area contributed by atoms with Crippen molar-refractivity contribution in [1.29, 1.82) is 0 Å². The summed E-state index contributed by atoms with van der Waals surface area (Å²) in [6.07, 6.45) is 9.13. The Morgan fingerprint density at radius 1 is 1.15 bits per heavy atom. The van der Waals surface area contributed by atoms with Gasteiger partial charge in [0.15, 0.2) is 0 Å². The average molecular weight is 384 g/mol. The largest absolute Gasteiger partial charge is 0.342 e. The van der Waals surface area contributed by atoms with Crippen molar-refractivity contribution in [2.45, 2.75) is 43.0 Å². The number of pyridine rings is 1. The van der Waals surface area contributed by atoms with Gasteiger partial charge in [-0.2, -0.15) is 0 Å². The molecule has 2 amide bonds. The average Bonchev–Trinajstić information content (AvgIpc) is 2.73. The summed E-state index contributed by atoms with van der Waals surface area (Å²) in [6, 6.07) is 11.3. The van der Waals surface area contributed by atoms with Gasteiger partial charge in [0.25, 0.3) is 5.91 Å². The Bertz CT molecular complexity index is 776. The van der Waals surface area contributed by atoms with Crippen LogP contribution in [0, 0.1) is 0 Å². The molecule has 1 aliphatic carbocycles. The molecule has 1 aliphatic rings. The molecule has 0 spiro atoms. The van der Waals surface area contributed by atoms with Gasteiger partial charge in [-0.05, 0) is 37.1 Å². The van der Waals surface area contributed by atoms with Crippen LogP contribution < -0.4 is 5.32 Å². The third kappa shape index (κ3) is 5.32. The number of hydrogen-bond acceptors (Lipinski definition) is 4. The Kier molecular flexibility index (Phi) is 6.87. The van der Waals surface area contributed by atoms with Crippen LogP contribution in [0.1, 0.15) is 42.5 Å². The first-order valence-corrected chi connectivity index (χ1v) is 10.3. The first kappa shape index (κ1) is 19.4. The van der Waals surface area contributed by atoms with E-state index in [1.807, 2.05) is 30.1 Å². The lowest BCUT2D eigenvalue weighted by molar-refractivity contribution is -0.129. The zero-order valence-corrected chi connectivity index (χ0v) is 16.4. The molecular formula is C21H25N3O2S. The molecule has 6 heteroatoms. The van der Waals surface area contributed by atoms with Gasteiger partial charge in [0.1, 0.15) is 0 Å². The van der Waals surface area contributed by atoms with Gasteiger partial charge in [0.05, 0.1) is 23.2 Å². The number of carbonyl (C=O) groups excluding carboxylic acids is 2. The highest BCUT2D eigenvalue weighted by Crippen LogP contribution is 2.26. The van der Waals surface area contributed by atoms with Crippen molar-refractivity contribution in [2.75, 3.05) is 18.1 Å². The van der Waals surface area contributed by atoms with Crippen molar-refractivity contribution in [1.82, 2.24) is 9.88 Å². The summed E-state index contributed by atoms with van der Waals surface area (Å²) >= 11 is 1.42. The van der Waals surface area contributed by atoms with Crippen molar-refractivity contribution in [3.63, 3.8) is 0 Å². The minimum atomic E-state index is -0.195. The lowest BCUT2D eigenvalue weighted by Gasteiger charge is -2.31. The smallest absolute Gasteiger partial charge is 0.256 e. The number of rotatable bonds is 6. The van der Waals surface area contributed by atoms with E-state index in [9.17, 15) is 9.59 Å². The summed E-state index contributed by atoms with van der Waals surface area (Å²) in [6.45, 7) is 0. The molecule has 0 saturated heterocycles. The van der Waals surface area contributed by atoms with Crippen LogP contribution in [0.25, 0.3) is 0 Å². The first-order chi connectivity index (χ1) is 13.1. The molecule has 1 heterocycles. The molecule has 0 bridgehead atoms. The molecule has 3 rings (SSSR count). The van der Waals surface area contributed by atoms with Crippen molar-refractivity contribution in [3.8, 4) is 0 Å². The molecule has 27 heavy (non-hydrogen) atoms. The highest BCUT2D eigenvalue weighted by atomic mass is 32.2. The van der Waals surface area contributed by atoms with E-state index in [1.165, 1.54) is 31.0 Å². The number of aromatic nitrogens is 1. The van der Waals surface area contributed by atoms with Crippen LogP contribution in [0.2, 0.25) is 0 Å². The fourth-order valence-electron chi connectivity index (χ4n) is 3.33. The van der Waals surface area contributed by atoms with Crippen LogP contribution in [0.5, 0.6) is 0 Å². The third-order valence-electron chi connectivity index (χ3n) is 4.92. The van der Waals surface area contributed by atoms with E-state index in [4.69, 9.17) is 0 Å². The van der Waals surface area contributed by atoms with E-state index < -0.39 is 0 Å². The summed E-state index contributed by atoms with van der Waals surface area (Å²) < 4.78 is 0. The third-order valence-corrected chi connectivity index (χ3v) is 5.98. The monoisotopic (exact) mass is 383 g/mol. The minimum absolute atomic E-state index is 0.120. The molecule has 0 unspecified atom stereocenters. The SMILES string of the molecule is CN(C(=O)CSc1ccccc1C(=O)Nc1cccnc1)C1CCCCC1. The number of benzene rings is 1. The Balaban J connectivity index is 1.62. The fourth-order valence-corrected chi connectivity index (χ4v) is 4.30. The number of nitrogens with zero attached hydrogens (tertiary/aromatic N) is 2.